The van der Waals surface area contributed by atoms with E-state index in [4.69, 9.17) is 4.74 Å². The summed E-state index contributed by atoms with van der Waals surface area (Å²) in [6.45, 7) is 2.77. The van der Waals surface area contributed by atoms with Crippen molar-refractivity contribution in [2.75, 3.05) is 13.2 Å². The Kier molecular flexibility index (Phi) is 2.79. The van der Waals surface area contributed by atoms with Crippen molar-refractivity contribution in [3.8, 4) is 5.69 Å². The summed E-state index contributed by atoms with van der Waals surface area (Å²) in [5, 5.41) is 0. The van der Waals surface area contributed by atoms with Crippen LogP contribution in [0.15, 0.2) is 30.6 Å². The number of aromatic nitrogens is 2. The molecule has 0 saturated carbocycles. The van der Waals surface area contributed by atoms with Crippen LogP contribution < -0.4 is 0 Å². The van der Waals surface area contributed by atoms with Gasteiger partial charge in [-0.3, -0.25) is 9.36 Å². The van der Waals surface area contributed by atoms with Crippen molar-refractivity contribution in [3.63, 3.8) is 0 Å². The summed E-state index contributed by atoms with van der Waals surface area (Å²) >= 11 is 0. The summed E-state index contributed by atoms with van der Waals surface area (Å²) in [7, 11) is 0. The van der Waals surface area contributed by atoms with E-state index in [1.54, 1.807) is 18.2 Å². The van der Waals surface area contributed by atoms with E-state index in [9.17, 15) is 9.59 Å². The van der Waals surface area contributed by atoms with Gasteiger partial charge >= 0.3 is 5.97 Å². The Morgan fingerprint density at radius 3 is 2.95 bits per heavy atom. The molecule has 0 aliphatic carbocycles. The van der Waals surface area contributed by atoms with E-state index in [0.29, 0.717) is 24.4 Å². The number of imidazole rings is 1. The molecule has 1 aromatic carbocycles. The van der Waals surface area contributed by atoms with Gasteiger partial charge in [-0.15, -0.1) is 0 Å². The van der Waals surface area contributed by atoms with Crippen LogP contribution in [0.3, 0.4) is 0 Å². The molecule has 6 nitrogen and oxygen atoms in total. The minimum Gasteiger partial charge on any atom is -0.461 e. The third-order valence-corrected chi connectivity index (χ3v) is 4.26. The van der Waals surface area contributed by atoms with E-state index in [-0.39, 0.29) is 11.9 Å². The van der Waals surface area contributed by atoms with Crippen LogP contribution in [0.1, 0.15) is 45.9 Å². The number of hydrogen-bond acceptors (Lipinski definition) is 4. The van der Waals surface area contributed by atoms with Crippen molar-refractivity contribution in [1.82, 2.24) is 14.5 Å². The quantitative estimate of drug-likeness (QED) is 0.795. The Balaban J connectivity index is 1.94. The fourth-order valence-electron chi connectivity index (χ4n) is 3.16. The highest BCUT2D eigenvalue weighted by Gasteiger charge is 2.42. The van der Waals surface area contributed by atoms with E-state index >= 15 is 0 Å². The Bertz CT molecular complexity index is 781. The number of amides is 1. The summed E-state index contributed by atoms with van der Waals surface area (Å²) < 4.78 is 6.95. The van der Waals surface area contributed by atoms with Crippen LogP contribution in [-0.2, 0) is 4.74 Å². The van der Waals surface area contributed by atoms with Crippen molar-refractivity contribution in [3.05, 3.63) is 47.5 Å². The van der Waals surface area contributed by atoms with Gasteiger partial charge in [0.2, 0.25) is 0 Å². The molecule has 22 heavy (non-hydrogen) atoms. The van der Waals surface area contributed by atoms with Crippen molar-refractivity contribution >= 4 is 11.9 Å². The fourth-order valence-corrected chi connectivity index (χ4v) is 3.16. The van der Waals surface area contributed by atoms with Gasteiger partial charge in [0, 0.05) is 6.54 Å². The van der Waals surface area contributed by atoms with Gasteiger partial charge in [0.1, 0.15) is 6.33 Å². The smallest absolute Gasteiger partial charge is 0.358 e. The zero-order valence-electron chi connectivity index (χ0n) is 12.2. The summed E-state index contributed by atoms with van der Waals surface area (Å²) in [6, 6.07) is 7.30. The minimum absolute atomic E-state index is 0.00496. The molecular formula is C16H15N3O3. The molecule has 2 aliphatic rings. The highest BCUT2D eigenvalue weighted by molar-refractivity contribution is 6.00. The predicted octanol–water partition coefficient (Wildman–Crippen LogP) is 1.95. The molecule has 1 saturated heterocycles. The SMILES string of the molecule is CCOC(=O)c1ncn2c1[C@H]1CCN1C(=O)c1ccccc1-2. The lowest BCUT2D eigenvalue weighted by atomic mass is 9.97. The second-order valence-corrected chi connectivity index (χ2v) is 5.39. The molecule has 1 aromatic heterocycles. The molecule has 3 heterocycles. The number of para-hydroxylation sites is 1. The Morgan fingerprint density at radius 1 is 1.41 bits per heavy atom. The molecule has 0 unspecified atom stereocenters. The molecule has 6 heteroatoms. The third kappa shape index (κ3) is 1.63. The first-order valence-corrected chi connectivity index (χ1v) is 7.37. The van der Waals surface area contributed by atoms with Crippen LogP contribution in [0.25, 0.3) is 5.69 Å². The Labute approximate surface area is 127 Å². The number of rotatable bonds is 2. The minimum atomic E-state index is -0.435. The van der Waals surface area contributed by atoms with Gasteiger partial charge < -0.3 is 9.64 Å². The fraction of sp³-hybridized carbons (Fsp3) is 0.312. The van der Waals surface area contributed by atoms with Crippen molar-refractivity contribution < 1.29 is 14.3 Å². The third-order valence-electron chi connectivity index (χ3n) is 4.26. The number of carbonyl (C=O) groups excluding carboxylic acids is 2. The number of esters is 1. The Morgan fingerprint density at radius 2 is 2.23 bits per heavy atom. The molecule has 4 rings (SSSR count). The van der Waals surface area contributed by atoms with Gasteiger partial charge in [-0.05, 0) is 25.5 Å². The largest absolute Gasteiger partial charge is 0.461 e. The molecule has 2 aliphatic heterocycles. The summed E-state index contributed by atoms with van der Waals surface area (Å²) in [4.78, 5) is 30.9. The maximum atomic E-state index is 12.6. The first kappa shape index (κ1) is 13.1. The van der Waals surface area contributed by atoms with Crippen molar-refractivity contribution in [1.29, 1.82) is 0 Å². The van der Waals surface area contributed by atoms with E-state index in [0.717, 1.165) is 17.8 Å². The molecule has 1 amide bonds. The molecule has 0 radical (unpaired) electrons. The maximum absolute atomic E-state index is 12.6. The van der Waals surface area contributed by atoms with Crippen molar-refractivity contribution in [2.45, 2.75) is 19.4 Å². The Hall–Kier alpha value is -2.63. The molecule has 1 atom stereocenters. The summed E-state index contributed by atoms with van der Waals surface area (Å²) in [6.07, 6.45) is 2.44. The van der Waals surface area contributed by atoms with E-state index < -0.39 is 5.97 Å². The predicted molar refractivity (Wildman–Crippen MR) is 77.9 cm³/mol. The second kappa shape index (κ2) is 4.69. The highest BCUT2D eigenvalue weighted by atomic mass is 16.5. The van der Waals surface area contributed by atoms with Crippen molar-refractivity contribution in [2.24, 2.45) is 0 Å². The van der Waals surface area contributed by atoms with Crippen LogP contribution in [0.5, 0.6) is 0 Å². The van der Waals surface area contributed by atoms with Crippen LogP contribution in [0.2, 0.25) is 0 Å². The average Bonchev–Trinajstić information content (AvgIpc) is 2.88. The van der Waals surface area contributed by atoms with Gasteiger partial charge in [0.15, 0.2) is 5.69 Å². The summed E-state index contributed by atoms with van der Waals surface area (Å²) in [5.41, 5.74) is 2.46. The topological polar surface area (TPSA) is 64.4 Å². The average molecular weight is 297 g/mol. The second-order valence-electron chi connectivity index (χ2n) is 5.39. The van der Waals surface area contributed by atoms with E-state index in [1.807, 2.05) is 28.8 Å². The van der Waals surface area contributed by atoms with Gasteiger partial charge in [-0.1, -0.05) is 12.1 Å². The number of benzene rings is 1. The molecular weight excluding hydrogens is 282 g/mol. The number of ether oxygens (including phenoxy) is 1. The lowest BCUT2D eigenvalue weighted by molar-refractivity contribution is 0.0428. The summed E-state index contributed by atoms with van der Waals surface area (Å²) in [5.74, 6) is -0.430. The maximum Gasteiger partial charge on any atom is 0.358 e. The van der Waals surface area contributed by atoms with Crippen LogP contribution in [0, 0.1) is 0 Å². The molecule has 0 bridgehead atoms. The van der Waals surface area contributed by atoms with Gasteiger partial charge in [-0.25, -0.2) is 9.78 Å². The molecule has 1 fully saturated rings. The molecule has 112 valence electrons. The lowest BCUT2D eigenvalue weighted by Gasteiger charge is -2.39. The first-order valence-electron chi connectivity index (χ1n) is 7.37. The normalized spacial score (nSPS) is 18.7. The zero-order chi connectivity index (χ0) is 15.3. The van der Waals surface area contributed by atoms with E-state index in [2.05, 4.69) is 4.98 Å². The molecule has 0 spiro atoms. The monoisotopic (exact) mass is 297 g/mol. The number of hydrogen-bond donors (Lipinski definition) is 0. The highest BCUT2D eigenvalue weighted by Crippen LogP contribution is 2.40. The number of carbonyl (C=O) groups is 2. The van der Waals surface area contributed by atoms with Gasteiger partial charge in [0.05, 0.1) is 29.6 Å². The zero-order valence-corrected chi connectivity index (χ0v) is 12.2. The van der Waals surface area contributed by atoms with E-state index in [1.165, 1.54) is 0 Å². The number of fused-ring (bicyclic) bond motifs is 5. The standard InChI is InChI=1S/C16H15N3O3/c1-2-22-16(21)13-14-12-7-8-18(12)15(20)10-5-3-4-6-11(10)19(14)9-17-13/h3-6,9,12H,2,7-8H2,1H3/t12-/m1/s1. The van der Waals surface area contributed by atoms with Crippen LogP contribution in [0.4, 0.5) is 0 Å². The molecule has 0 N–H and O–H groups in total. The van der Waals surface area contributed by atoms with Crippen LogP contribution in [-0.4, -0.2) is 39.5 Å². The molecule has 2 aromatic rings. The van der Waals surface area contributed by atoms with Gasteiger partial charge in [0.25, 0.3) is 5.91 Å². The van der Waals surface area contributed by atoms with Crippen LogP contribution >= 0.6 is 0 Å². The lowest BCUT2D eigenvalue weighted by Crippen LogP contribution is -2.45. The number of nitrogens with zero attached hydrogens (tertiary/aromatic N) is 3. The van der Waals surface area contributed by atoms with Gasteiger partial charge in [-0.2, -0.15) is 0 Å². The first-order chi connectivity index (χ1) is 10.7.